The van der Waals surface area contributed by atoms with Crippen molar-refractivity contribution in [2.45, 2.75) is 39.2 Å². The van der Waals surface area contributed by atoms with Gasteiger partial charge in [0.25, 0.3) is 11.8 Å². The Morgan fingerprint density at radius 3 is 2.07 bits per heavy atom. The zero-order valence-electron chi connectivity index (χ0n) is 16.4. The summed E-state index contributed by atoms with van der Waals surface area (Å²) >= 11 is 0. The van der Waals surface area contributed by atoms with Gasteiger partial charge in [0, 0.05) is 0 Å². The number of ether oxygens (including phenoxy) is 1. The Labute approximate surface area is 164 Å². The molecule has 1 aliphatic heterocycles. The minimum absolute atomic E-state index is 0.129. The molecule has 8 nitrogen and oxygen atoms in total. The van der Waals surface area contributed by atoms with Crippen molar-refractivity contribution in [1.82, 2.24) is 4.90 Å². The van der Waals surface area contributed by atoms with Gasteiger partial charge in [-0.3, -0.25) is 23.8 Å². The van der Waals surface area contributed by atoms with Gasteiger partial charge >= 0.3 is 13.6 Å². The summed E-state index contributed by atoms with van der Waals surface area (Å²) in [7, 11) is -1.99. The van der Waals surface area contributed by atoms with Gasteiger partial charge in [-0.15, -0.1) is 0 Å². The Morgan fingerprint density at radius 2 is 1.61 bits per heavy atom. The number of hydrogen-bond acceptors (Lipinski definition) is 7. The van der Waals surface area contributed by atoms with E-state index in [1.807, 2.05) is 0 Å². The molecule has 0 saturated heterocycles. The number of imide groups is 1. The van der Waals surface area contributed by atoms with E-state index in [2.05, 4.69) is 0 Å². The molecule has 0 saturated carbocycles. The minimum atomic E-state index is -3.24. The number of carbonyl (C=O) groups is 3. The number of carbonyl (C=O) groups excluding carboxylic acids is 3. The van der Waals surface area contributed by atoms with Gasteiger partial charge in [-0.1, -0.05) is 12.1 Å². The van der Waals surface area contributed by atoms with Crippen molar-refractivity contribution in [2.24, 2.45) is 0 Å². The molecule has 9 heteroatoms. The molecule has 0 fully saturated rings. The molecule has 1 unspecified atom stereocenters. The maximum absolute atomic E-state index is 12.7. The molecule has 2 amide bonds. The Bertz CT molecular complexity index is 734. The molecule has 0 aromatic heterocycles. The number of methoxy groups -OCH3 is 1. The summed E-state index contributed by atoms with van der Waals surface area (Å²) < 4.78 is 27.9. The second-order valence-electron chi connectivity index (χ2n) is 6.27. The maximum atomic E-state index is 12.7. The largest absolute Gasteiger partial charge is 0.469 e. The SMILES string of the molecule is CCOP(=O)(CCCC(CC(=O)OC)N1C(=O)c2ccccc2C1=O)OCC. The van der Waals surface area contributed by atoms with E-state index in [4.69, 9.17) is 13.8 Å². The number of esters is 1. The van der Waals surface area contributed by atoms with Crippen molar-refractivity contribution < 1.29 is 32.7 Å². The van der Waals surface area contributed by atoms with Crippen LogP contribution >= 0.6 is 7.60 Å². The second-order valence-corrected chi connectivity index (χ2v) is 8.46. The van der Waals surface area contributed by atoms with Gasteiger partial charge in [0.2, 0.25) is 0 Å². The van der Waals surface area contributed by atoms with E-state index in [9.17, 15) is 18.9 Å². The van der Waals surface area contributed by atoms with Crippen LogP contribution in [0, 0.1) is 0 Å². The van der Waals surface area contributed by atoms with E-state index in [0.29, 0.717) is 17.5 Å². The van der Waals surface area contributed by atoms with Gasteiger partial charge in [0.15, 0.2) is 0 Å². The fourth-order valence-electron chi connectivity index (χ4n) is 3.22. The third kappa shape index (κ3) is 5.07. The van der Waals surface area contributed by atoms with Crippen LogP contribution in [-0.4, -0.2) is 55.2 Å². The Balaban J connectivity index is 2.15. The molecular formula is C19H26NO7P. The summed E-state index contributed by atoms with van der Waals surface area (Å²) in [5, 5.41) is 0. The van der Waals surface area contributed by atoms with Gasteiger partial charge < -0.3 is 13.8 Å². The number of benzene rings is 1. The molecule has 1 aliphatic rings. The molecule has 0 N–H and O–H groups in total. The van der Waals surface area contributed by atoms with E-state index in [1.54, 1.807) is 38.1 Å². The van der Waals surface area contributed by atoms with E-state index in [1.165, 1.54) is 7.11 Å². The lowest BCUT2D eigenvalue weighted by Gasteiger charge is -2.26. The summed E-state index contributed by atoms with van der Waals surface area (Å²) in [5.41, 5.74) is 0.633. The lowest BCUT2D eigenvalue weighted by Crippen LogP contribution is -2.41. The van der Waals surface area contributed by atoms with Gasteiger partial charge in [-0.05, 0) is 38.8 Å². The third-order valence-corrected chi connectivity index (χ3v) is 6.61. The third-order valence-electron chi connectivity index (χ3n) is 4.44. The lowest BCUT2D eigenvalue weighted by atomic mass is 10.1. The number of hydrogen-bond donors (Lipinski definition) is 0. The minimum Gasteiger partial charge on any atom is -0.469 e. The number of amides is 2. The van der Waals surface area contributed by atoms with Crippen LogP contribution in [0.15, 0.2) is 24.3 Å². The Kier molecular flexibility index (Phi) is 7.92. The maximum Gasteiger partial charge on any atom is 0.330 e. The van der Waals surface area contributed by atoms with Gasteiger partial charge in [0.1, 0.15) is 0 Å². The highest BCUT2D eigenvalue weighted by Crippen LogP contribution is 2.49. The number of rotatable bonds is 11. The van der Waals surface area contributed by atoms with E-state index in [-0.39, 0.29) is 32.2 Å². The first-order valence-electron chi connectivity index (χ1n) is 9.28. The molecule has 0 aliphatic carbocycles. The first kappa shape index (κ1) is 22.3. The molecule has 1 heterocycles. The summed E-state index contributed by atoms with van der Waals surface area (Å²) in [6, 6.07) is 5.84. The van der Waals surface area contributed by atoms with Crippen LogP contribution in [-0.2, 0) is 23.1 Å². The van der Waals surface area contributed by atoms with Crippen LogP contribution in [0.3, 0.4) is 0 Å². The number of nitrogens with zero attached hydrogens (tertiary/aromatic N) is 1. The van der Waals surface area contributed by atoms with Gasteiger partial charge in [-0.2, -0.15) is 0 Å². The summed E-state index contributed by atoms with van der Waals surface area (Å²) in [4.78, 5) is 38.4. The first-order valence-corrected chi connectivity index (χ1v) is 11.0. The summed E-state index contributed by atoms with van der Waals surface area (Å²) in [6.45, 7) is 3.96. The average molecular weight is 411 g/mol. The molecule has 154 valence electrons. The molecule has 28 heavy (non-hydrogen) atoms. The number of fused-ring (bicyclic) bond motifs is 1. The van der Waals surface area contributed by atoms with Crippen LogP contribution in [0.25, 0.3) is 0 Å². The van der Waals surface area contributed by atoms with Crippen LogP contribution < -0.4 is 0 Å². The molecule has 1 atom stereocenters. The predicted octanol–water partition coefficient (Wildman–Crippen LogP) is 3.26. The quantitative estimate of drug-likeness (QED) is 0.313. The molecule has 1 aromatic carbocycles. The summed E-state index contributed by atoms with van der Waals surface area (Å²) in [6.07, 6.45) is 0.641. The first-order chi connectivity index (χ1) is 13.4. The van der Waals surface area contributed by atoms with Gasteiger partial charge in [0.05, 0.1) is 50.1 Å². The predicted molar refractivity (Wildman–Crippen MR) is 102 cm³/mol. The Morgan fingerprint density at radius 1 is 1.07 bits per heavy atom. The van der Waals surface area contributed by atoms with Crippen LogP contribution in [0.1, 0.15) is 53.8 Å². The Hall–Kier alpha value is -2.02. The van der Waals surface area contributed by atoms with E-state index >= 15 is 0 Å². The average Bonchev–Trinajstić information content (AvgIpc) is 2.92. The van der Waals surface area contributed by atoms with Gasteiger partial charge in [-0.25, -0.2) is 0 Å². The van der Waals surface area contributed by atoms with Crippen molar-refractivity contribution >= 4 is 25.4 Å². The van der Waals surface area contributed by atoms with Crippen molar-refractivity contribution in [3.8, 4) is 0 Å². The van der Waals surface area contributed by atoms with Crippen LogP contribution in [0.2, 0.25) is 0 Å². The molecule has 2 rings (SSSR count). The highest BCUT2D eigenvalue weighted by Gasteiger charge is 2.40. The zero-order valence-corrected chi connectivity index (χ0v) is 17.3. The zero-order chi connectivity index (χ0) is 20.7. The van der Waals surface area contributed by atoms with E-state index < -0.39 is 31.4 Å². The molecule has 0 spiro atoms. The topological polar surface area (TPSA) is 99.2 Å². The lowest BCUT2D eigenvalue weighted by molar-refractivity contribution is -0.141. The highest BCUT2D eigenvalue weighted by molar-refractivity contribution is 7.53. The van der Waals surface area contributed by atoms with Crippen molar-refractivity contribution in [3.63, 3.8) is 0 Å². The smallest absolute Gasteiger partial charge is 0.330 e. The van der Waals surface area contributed by atoms with Crippen LogP contribution in [0.4, 0.5) is 0 Å². The highest BCUT2D eigenvalue weighted by atomic mass is 31.2. The molecule has 0 radical (unpaired) electrons. The second kappa shape index (κ2) is 9.96. The van der Waals surface area contributed by atoms with Crippen LogP contribution in [0.5, 0.6) is 0 Å². The molecule has 1 aromatic rings. The van der Waals surface area contributed by atoms with Crippen molar-refractivity contribution in [3.05, 3.63) is 35.4 Å². The normalized spacial score (nSPS) is 14.9. The van der Waals surface area contributed by atoms with Crippen molar-refractivity contribution in [2.75, 3.05) is 26.5 Å². The van der Waals surface area contributed by atoms with E-state index in [0.717, 1.165) is 4.90 Å². The fourth-order valence-corrected chi connectivity index (χ4v) is 4.91. The summed E-state index contributed by atoms with van der Waals surface area (Å²) in [5.74, 6) is -1.40. The fraction of sp³-hybridized carbons (Fsp3) is 0.526. The standard InChI is InChI=1S/C19H26NO7P/c1-4-26-28(24,27-5-2)12-8-9-14(13-17(21)25-3)20-18(22)15-10-6-7-11-16(15)19(20)23/h6-7,10-11,14H,4-5,8-9,12-13H2,1-3H3. The molecule has 0 bridgehead atoms. The molecular weight excluding hydrogens is 385 g/mol. The van der Waals surface area contributed by atoms with Crippen molar-refractivity contribution in [1.29, 1.82) is 0 Å². The monoisotopic (exact) mass is 411 g/mol.